The van der Waals surface area contributed by atoms with E-state index in [1.165, 1.54) is 17.2 Å². The summed E-state index contributed by atoms with van der Waals surface area (Å²) in [5, 5.41) is 0. The number of amides is 1. The lowest BCUT2D eigenvalue weighted by molar-refractivity contribution is -0.151. The summed E-state index contributed by atoms with van der Waals surface area (Å²) in [6.07, 6.45) is 2.70. The number of aromatic nitrogens is 1. The zero-order chi connectivity index (χ0) is 20.8. The van der Waals surface area contributed by atoms with Gasteiger partial charge < -0.3 is 9.64 Å². The minimum absolute atomic E-state index is 0.178. The van der Waals surface area contributed by atoms with Crippen molar-refractivity contribution in [2.45, 2.75) is 25.8 Å². The van der Waals surface area contributed by atoms with E-state index in [0.717, 1.165) is 4.57 Å². The zero-order valence-corrected chi connectivity index (χ0v) is 16.3. The number of pyridine rings is 1. The normalized spacial score (nSPS) is 17.4. The van der Waals surface area contributed by atoms with E-state index in [-0.39, 0.29) is 19.1 Å². The summed E-state index contributed by atoms with van der Waals surface area (Å²) in [5.74, 6) is -1.70. The molecule has 7 nitrogen and oxygen atoms in total. The van der Waals surface area contributed by atoms with Crippen LogP contribution in [-0.4, -0.2) is 46.8 Å². The average molecular weight is 396 g/mol. The third kappa shape index (κ3) is 4.62. The minimum Gasteiger partial charge on any atom is -0.466 e. The Morgan fingerprint density at radius 2 is 1.83 bits per heavy atom. The molecule has 0 spiro atoms. The van der Waals surface area contributed by atoms with Gasteiger partial charge in [0.25, 0.3) is 11.5 Å². The van der Waals surface area contributed by atoms with Crippen molar-refractivity contribution in [1.29, 1.82) is 0 Å². The van der Waals surface area contributed by atoms with Gasteiger partial charge in [0.15, 0.2) is 11.8 Å². The molecule has 152 valence electrons. The fourth-order valence-electron chi connectivity index (χ4n) is 3.57. The van der Waals surface area contributed by atoms with Crippen molar-refractivity contribution in [2.24, 2.45) is 5.92 Å². The molecule has 3 rings (SSSR count). The number of likely N-dealkylation sites (tertiary alicyclic amines) is 1. The smallest absolute Gasteiger partial charge is 0.310 e. The van der Waals surface area contributed by atoms with E-state index in [2.05, 4.69) is 0 Å². The maximum Gasteiger partial charge on any atom is 0.310 e. The number of Topliss-reactive ketones (excluding diaryl/α,β-unsaturated/α-hetero) is 1. The van der Waals surface area contributed by atoms with Crippen LogP contribution in [0.15, 0.2) is 59.5 Å². The highest BCUT2D eigenvalue weighted by Gasteiger charge is 2.37. The van der Waals surface area contributed by atoms with Gasteiger partial charge in [0.1, 0.15) is 0 Å². The van der Waals surface area contributed by atoms with Gasteiger partial charge in [-0.05, 0) is 25.8 Å². The van der Waals surface area contributed by atoms with Crippen LogP contribution in [0.3, 0.4) is 0 Å². The van der Waals surface area contributed by atoms with Crippen LogP contribution in [0.25, 0.3) is 0 Å². The molecule has 7 heteroatoms. The lowest BCUT2D eigenvalue weighted by Gasteiger charge is -2.34. The number of piperidine rings is 1. The Labute approximate surface area is 168 Å². The minimum atomic E-state index is -1.31. The second kappa shape index (κ2) is 9.32. The van der Waals surface area contributed by atoms with Crippen molar-refractivity contribution in [3.63, 3.8) is 0 Å². The zero-order valence-electron chi connectivity index (χ0n) is 16.3. The Bertz CT molecular complexity index is 937. The summed E-state index contributed by atoms with van der Waals surface area (Å²) < 4.78 is 6.25. The van der Waals surface area contributed by atoms with E-state index < -0.39 is 29.2 Å². The second-order valence-electron chi connectivity index (χ2n) is 6.95. The Morgan fingerprint density at radius 3 is 2.52 bits per heavy atom. The number of benzene rings is 1. The second-order valence-corrected chi connectivity index (χ2v) is 6.95. The van der Waals surface area contributed by atoms with Crippen LogP contribution in [0.1, 0.15) is 36.2 Å². The van der Waals surface area contributed by atoms with Crippen molar-refractivity contribution >= 4 is 17.7 Å². The fourth-order valence-corrected chi connectivity index (χ4v) is 3.57. The van der Waals surface area contributed by atoms with E-state index >= 15 is 0 Å². The fraction of sp³-hybridized carbons (Fsp3) is 0.364. The Balaban J connectivity index is 1.93. The lowest BCUT2D eigenvalue weighted by Crippen LogP contribution is -2.48. The third-order valence-corrected chi connectivity index (χ3v) is 5.02. The van der Waals surface area contributed by atoms with Gasteiger partial charge >= 0.3 is 5.97 Å². The van der Waals surface area contributed by atoms with E-state index in [4.69, 9.17) is 4.74 Å². The first-order chi connectivity index (χ1) is 14.0. The number of hydrogen-bond acceptors (Lipinski definition) is 5. The molecular formula is C22H24N2O5. The van der Waals surface area contributed by atoms with Crippen molar-refractivity contribution in [3.05, 3.63) is 70.6 Å². The topological polar surface area (TPSA) is 85.7 Å². The first-order valence-electron chi connectivity index (χ1n) is 9.74. The van der Waals surface area contributed by atoms with E-state index in [1.54, 1.807) is 49.4 Å². The average Bonchev–Trinajstić information content (AvgIpc) is 2.76. The van der Waals surface area contributed by atoms with Crippen molar-refractivity contribution < 1.29 is 19.1 Å². The van der Waals surface area contributed by atoms with Crippen LogP contribution in [0.4, 0.5) is 0 Å². The molecule has 1 aliphatic rings. The highest BCUT2D eigenvalue weighted by Crippen LogP contribution is 2.23. The van der Waals surface area contributed by atoms with Crippen LogP contribution in [0.5, 0.6) is 0 Å². The molecule has 1 aliphatic heterocycles. The standard InChI is InChI=1S/C22H24N2O5/c1-2-29-22(28)17-11-8-13-23(15-17)21(27)19(24-14-7-6-12-18(24)25)20(26)16-9-4-3-5-10-16/h3-7,9-10,12,14,17,19H,2,8,11,13,15H2,1H3/t17-,19-/m1/s1. The molecule has 0 radical (unpaired) electrons. The van der Waals surface area contributed by atoms with Crippen molar-refractivity contribution in [1.82, 2.24) is 9.47 Å². The van der Waals surface area contributed by atoms with Gasteiger partial charge in [0.05, 0.1) is 12.5 Å². The van der Waals surface area contributed by atoms with Crippen molar-refractivity contribution in [2.75, 3.05) is 19.7 Å². The van der Waals surface area contributed by atoms with Gasteiger partial charge in [-0.1, -0.05) is 36.4 Å². The highest BCUT2D eigenvalue weighted by molar-refractivity contribution is 6.11. The Morgan fingerprint density at radius 1 is 1.10 bits per heavy atom. The van der Waals surface area contributed by atoms with E-state index in [1.807, 2.05) is 0 Å². The Hall–Kier alpha value is -3.22. The maximum absolute atomic E-state index is 13.4. The molecule has 1 aromatic carbocycles. The van der Waals surface area contributed by atoms with Crippen LogP contribution in [0.2, 0.25) is 0 Å². The number of carbonyl (C=O) groups is 3. The first kappa shape index (κ1) is 20.5. The molecule has 1 aromatic heterocycles. The van der Waals surface area contributed by atoms with E-state index in [9.17, 15) is 19.2 Å². The van der Waals surface area contributed by atoms with Crippen LogP contribution < -0.4 is 5.56 Å². The SMILES string of the molecule is CCOC(=O)[C@@H]1CCCN(C(=O)[C@@H](C(=O)c2ccccc2)n2ccccc2=O)C1. The lowest BCUT2D eigenvalue weighted by atomic mass is 9.96. The summed E-state index contributed by atoms with van der Waals surface area (Å²) in [6.45, 7) is 2.62. The molecule has 2 atom stereocenters. The quantitative estimate of drug-likeness (QED) is 0.424. The molecule has 0 unspecified atom stereocenters. The predicted molar refractivity (Wildman–Crippen MR) is 106 cm³/mol. The van der Waals surface area contributed by atoms with Gasteiger partial charge in [0.2, 0.25) is 0 Å². The number of rotatable bonds is 6. The number of hydrogen-bond donors (Lipinski definition) is 0. The van der Waals surface area contributed by atoms with Gasteiger partial charge in [0, 0.05) is 30.9 Å². The maximum atomic E-state index is 13.4. The number of esters is 1. The summed E-state index contributed by atoms with van der Waals surface area (Å²) in [7, 11) is 0. The van der Waals surface area contributed by atoms with Gasteiger partial charge in [-0.25, -0.2) is 0 Å². The van der Waals surface area contributed by atoms with Gasteiger partial charge in [-0.3, -0.25) is 23.7 Å². The molecule has 2 aromatic rings. The number of carbonyl (C=O) groups excluding carboxylic acids is 3. The molecule has 0 aliphatic carbocycles. The number of ketones is 1. The molecular weight excluding hydrogens is 372 g/mol. The summed E-state index contributed by atoms with van der Waals surface area (Å²) in [4.78, 5) is 52.6. The largest absolute Gasteiger partial charge is 0.466 e. The van der Waals surface area contributed by atoms with Crippen molar-refractivity contribution in [3.8, 4) is 0 Å². The molecule has 1 fully saturated rings. The molecule has 1 amide bonds. The summed E-state index contributed by atoms with van der Waals surface area (Å²) in [5.41, 5.74) is -0.0883. The molecule has 2 heterocycles. The van der Waals surface area contributed by atoms with Crippen LogP contribution >= 0.6 is 0 Å². The Kier molecular flexibility index (Phi) is 6.59. The first-order valence-corrected chi connectivity index (χ1v) is 9.74. The highest BCUT2D eigenvalue weighted by atomic mass is 16.5. The molecule has 29 heavy (non-hydrogen) atoms. The molecule has 1 saturated heterocycles. The molecule has 0 bridgehead atoms. The summed E-state index contributed by atoms with van der Waals surface area (Å²) in [6, 6.07) is 11.6. The van der Waals surface area contributed by atoms with Gasteiger partial charge in [-0.2, -0.15) is 0 Å². The molecule has 0 saturated carbocycles. The molecule has 0 N–H and O–H groups in total. The number of ether oxygens (including phenoxy) is 1. The third-order valence-electron chi connectivity index (χ3n) is 5.02. The van der Waals surface area contributed by atoms with Crippen LogP contribution in [0, 0.1) is 5.92 Å². The predicted octanol–water partition coefficient (Wildman–Crippen LogP) is 2.07. The summed E-state index contributed by atoms with van der Waals surface area (Å²) >= 11 is 0. The van der Waals surface area contributed by atoms with Crippen LogP contribution in [-0.2, 0) is 14.3 Å². The van der Waals surface area contributed by atoms with Gasteiger partial charge in [-0.15, -0.1) is 0 Å². The van der Waals surface area contributed by atoms with E-state index in [0.29, 0.717) is 24.9 Å². The monoisotopic (exact) mass is 396 g/mol. The number of nitrogens with zero attached hydrogens (tertiary/aromatic N) is 2.